The SMILES string of the molecule is C=Cc1ccc(N2C(=O)[C@H]3[C@H](CC=C4[C@H]3C[C@@]3(Cl)C(=O)N(C)C(=O)[C@@]3(Cl)[C@H]4c3cccc(OC)c3O)C2=O)cc1. The maximum absolute atomic E-state index is 14.0. The Morgan fingerprint density at radius 2 is 1.73 bits per heavy atom. The first-order valence-electron chi connectivity index (χ1n) is 12.9. The molecule has 2 aliphatic carbocycles. The zero-order valence-electron chi connectivity index (χ0n) is 21.8. The summed E-state index contributed by atoms with van der Waals surface area (Å²) in [5, 5.41) is 11.2. The number of rotatable bonds is 4. The Hall–Kier alpha value is -3.62. The van der Waals surface area contributed by atoms with Crippen LogP contribution >= 0.6 is 23.2 Å². The number of para-hydroxylation sites is 1. The molecule has 2 aromatic carbocycles. The minimum absolute atomic E-state index is 0.122. The molecule has 0 spiro atoms. The van der Waals surface area contributed by atoms with Gasteiger partial charge in [-0.2, -0.15) is 0 Å². The van der Waals surface area contributed by atoms with Gasteiger partial charge >= 0.3 is 0 Å². The molecule has 6 rings (SSSR count). The van der Waals surface area contributed by atoms with Crippen molar-refractivity contribution in [3.8, 4) is 11.5 Å². The Morgan fingerprint density at radius 1 is 1.02 bits per heavy atom. The molecule has 6 atom stereocenters. The molecule has 1 N–H and O–H groups in total. The summed E-state index contributed by atoms with van der Waals surface area (Å²) in [7, 11) is 2.71. The zero-order valence-corrected chi connectivity index (χ0v) is 23.3. The molecule has 2 heterocycles. The third-order valence-corrected chi connectivity index (χ3v) is 10.4. The number of imide groups is 2. The molecule has 2 saturated heterocycles. The third-order valence-electron chi connectivity index (χ3n) is 8.96. The number of phenols is 1. The van der Waals surface area contributed by atoms with Crippen molar-refractivity contribution in [3.63, 3.8) is 0 Å². The maximum atomic E-state index is 14.0. The van der Waals surface area contributed by atoms with Crippen molar-refractivity contribution in [2.24, 2.45) is 17.8 Å². The van der Waals surface area contributed by atoms with E-state index in [0.717, 1.165) is 10.5 Å². The summed E-state index contributed by atoms with van der Waals surface area (Å²) >= 11 is 14.3. The molecule has 2 aliphatic heterocycles. The fraction of sp³-hybridized carbons (Fsp3) is 0.333. The van der Waals surface area contributed by atoms with E-state index >= 15 is 0 Å². The van der Waals surface area contributed by atoms with E-state index in [-0.39, 0.29) is 35.8 Å². The highest BCUT2D eigenvalue weighted by molar-refractivity contribution is 6.53. The predicted octanol–water partition coefficient (Wildman–Crippen LogP) is 4.24. The van der Waals surface area contributed by atoms with Crippen LogP contribution in [0.2, 0.25) is 0 Å². The van der Waals surface area contributed by atoms with Crippen LogP contribution in [0.4, 0.5) is 5.69 Å². The van der Waals surface area contributed by atoms with Gasteiger partial charge < -0.3 is 9.84 Å². The van der Waals surface area contributed by atoms with E-state index in [9.17, 15) is 24.3 Å². The van der Waals surface area contributed by atoms with Crippen LogP contribution in [0.1, 0.15) is 29.9 Å². The fourth-order valence-corrected chi connectivity index (χ4v) is 8.05. The van der Waals surface area contributed by atoms with E-state index in [4.69, 9.17) is 27.9 Å². The highest BCUT2D eigenvalue weighted by Gasteiger charge is 2.76. The van der Waals surface area contributed by atoms with Gasteiger partial charge in [-0.1, -0.05) is 48.6 Å². The van der Waals surface area contributed by atoms with Crippen molar-refractivity contribution in [3.05, 3.63) is 71.8 Å². The molecule has 2 aromatic rings. The maximum Gasteiger partial charge on any atom is 0.253 e. The molecule has 40 heavy (non-hydrogen) atoms. The number of hydrogen-bond donors (Lipinski definition) is 1. The zero-order chi connectivity index (χ0) is 28.7. The van der Waals surface area contributed by atoms with Crippen LogP contribution in [0.25, 0.3) is 6.08 Å². The van der Waals surface area contributed by atoms with Crippen LogP contribution in [-0.4, -0.2) is 57.5 Å². The van der Waals surface area contributed by atoms with E-state index in [1.54, 1.807) is 48.5 Å². The Balaban J connectivity index is 1.52. The Bertz CT molecular complexity index is 1540. The van der Waals surface area contributed by atoms with Crippen molar-refractivity contribution < 1.29 is 29.0 Å². The van der Waals surface area contributed by atoms with Crippen LogP contribution in [0.15, 0.2) is 60.7 Å². The van der Waals surface area contributed by atoms with E-state index in [2.05, 4.69) is 6.58 Å². The number of carbonyl (C=O) groups excluding carboxylic acids is 4. The Kier molecular flexibility index (Phi) is 5.95. The summed E-state index contributed by atoms with van der Waals surface area (Å²) in [6.45, 7) is 3.74. The molecule has 0 unspecified atom stereocenters. The molecule has 0 bridgehead atoms. The Labute approximate surface area is 240 Å². The number of benzene rings is 2. The van der Waals surface area contributed by atoms with Gasteiger partial charge in [-0.15, -0.1) is 23.2 Å². The van der Waals surface area contributed by atoms with E-state index in [1.807, 2.05) is 6.08 Å². The number of fused-ring (bicyclic) bond motifs is 4. The molecule has 0 aromatic heterocycles. The quantitative estimate of drug-likeness (QED) is 0.329. The summed E-state index contributed by atoms with van der Waals surface area (Å²) in [5.74, 6) is -5.46. The first kappa shape index (κ1) is 26.6. The van der Waals surface area contributed by atoms with Crippen LogP contribution in [0, 0.1) is 17.8 Å². The largest absolute Gasteiger partial charge is 0.504 e. The van der Waals surface area contributed by atoms with E-state index < -0.39 is 51.1 Å². The van der Waals surface area contributed by atoms with Gasteiger partial charge in [0.15, 0.2) is 21.2 Å². The number of hydrogen-bond acceptors (Lipinski definition) is 6. The van der Waals surface area contributed by atoms with E-state index in [1.165, 1.54) is 19.1 Å². The molecule has 8 nitrogen and oxygen atoms in total. The molecular formula is C30H26Cl2N2O6. The second kappa shape index (κ2) is 8.94. The number of allylic oxidation sites excluding steroid dienone is 2. The predicted molar refractivity (Wildman–Crippen MR) is 149 cm³/mol. The topological polar surface area (TPSA) is 104 Å². The number of alkyl halides is 2. The van der Waals surface area contributed by atoms with Crippen molar-refractivity contribution in [2.75, 3.05) is 19.1 Å². The number of likely N-dealkylation sites (tertiary alicyclic amines) is 1. The van der Waals surface area contributed by atoms with Crippen molar-refractivity contribution in [2.45, 2.75) is 28.5 Å². The van der Waals surface area contributed by atoms with Crippen LogP contribution in [0.5, 0.6) is 11.5 Å². The molecule has 3 fully saturated rings. The Morgan fingerprint density at radius 3 is 2.38 bits per heavy atom. The molecule has 4 aliphatic rings. The molecule has 10 heteroatoms. The van der Waals surface area contributed by atoms with Gasteiger partial charge in [-0.05, 0) is 42.5 Å². The van der Waals surface area contributed by atoms with Crippen molar-refractivity contribution in [1.82, 2.24) is 4.90 Å². The smallest absolute Gasteiger partial charge is 0.253 e. The number of anilines is 1. The number of ether oxygens (including phenoxy) is 1. The lowest BCUT2D eigenvalue weighted by Crippen LogP contribution is -2.60. The van der Waals surface area contributed by atoms with Crippen molar-refractivity contribution >= 4 is 58.6 Å². The molecule has 4 amide bonds. The number of nitrogens with zero attached hydrogens (tertiary/aromatic N) is 2. The van der Waals surface area contributed by atoms with Gasteiger partial charge in [0, 0.05) is 18.5 Å². The summed E-state index contributed by atoms with van der Waals surface area (Å²) in [5.41, 5.74) is 2.12. The van der Waals surface area contributed by atoms with Gasteiger partial charge in [0.25, 0.3) is 11.8 Å². The first-order chi connectivity index (χ1) is 19.0. The molecule has 1 saturated carbocycles. The lowest BCUT2D eigenvalue weighted by molar-refractivity contribution is -0.138. The van der Waals surface area contributed by atoms with Gasteiger partial charge in [0.2, 0.25) is 11.8 Å². The number of phenolic OH excluding ortho intramolecular Hbond substituents is 1. The second-order valence-electron chi connectivity index (χ2n) is 10.7. The number of carbonyl (C=O) groups is 4. The normalized spacial score (nSPS) is 33.0. The monoisotopic (exact) mass is 580 g/mol. The molecule has 206 valence electrons. The van der Waals surface area contributed by atoms with Crippen LogP contribution in [0.3, 0.4) is 0 Å². The van der Waals surface area contributed by atoms with Gasteiger partial charge in [0.05, 0.1) is 24.6 Å². The minimum atomic E-state index is -1.98. The van der Waals surface area contributed by atoms with Crippen LogP contribution in [-0.2, 0) is 19.2 Å². The number of aromatic hydroxyl groups is 1. The number of methoxy groups -OCH3 is 1. The number of halogens is 2. The average Bonchev–Trinajstić information content (AvgIpc) is 3.28. The summed E-state index contributed by atoms with van der Waals surface area (Å²) in [6.07, 6.45) is 3.59. The highest BCUT2D eigenvalue weighted by Crippen LogP contribution is 2.66. The summed E-state index contributed by atoms with van der Waals surface area (Å²) < 4.78 is 5.31. The van der Waals surface area contributed by atoms with Gasteiger partial charge in [-0.25, -0.2) is 0 Å². The van der Waals surface area contributed by atoms with Gasteiger partial charge in [0.1, 0.15) is 0 Å². The fourth-order valence-electron chi connectivity index (χ4n) is 7.04. The lowest BCUT2D eigenvalue weighted by Gasteiger charge is -2.50. The lowest BCUT2D eigenvalue weighted by atomic mass is 9.56. The molecular weight excluding hydrogens is 555 g/mol. The first-order valence-corrected chi connectivity index (χ1v) is 13.6. The summed E-state index contributed by atoms with van der Waals surface area (Å²) in [4.78, 5) is 53.0. The van der Waals surface area contributed by atoms with E-state index in [0.29, 0.717) is 11.3 Å². The highest BCUT2D eigenvalue weighted by atomic mass is 35.5. The molecule has 0 radical (unpaired) electrons. The number of amides is 4. The summed E-state index contributed by atoms with van der Waals surface area (Å²) in [6, 6.07) is 11.7. The van der Waals surface area contributed by atoms with Crippen LogP contribution < -0.4 is 9.64 Å². The standard InChI is InChI=1S/C30H26Cl2N2O6/c1-4-15-8-10-16(11-9-15)34-25(36)18-13-12-17-20(22(18)26(34)37)14-29(31)27(38)33(2)28(39)30(29,32)23(17)19-6-5-7-21(40-3)24(19)35/h4-12,18,20,22-23,35H,1,13-14H2,2-3H3/t18-,20+,22-,23+,29+,30-/m0/s1. The minimum Gasteiger partial charge on any atom is -0.504 e. The second-order valence-corrected chi connectivity index (χ2v) is 11.9. The average molecular weight is 581 g/mol. The van der Waals surface area contributed by atoms with Crippen molar-refractivity contribution in [1.29, 1.82) is 0 Å². The van der Waals surface area contributed by atoms with Gasteiger partial charge in [-0.3, -0.25) is 29.0 Å². The third kappa shape index (κ3) is 3.20.